The highest BCUT2D eigenvalue weighted by Gasteiger charge is 2.35. The van der Waals surface area contributed by atoms with Crippen molar-refractivity contribution < 1.29 is 5.11 Å². The molecular formula is C21H16ClNO. The molecule has 0 fully saturated rings. The summed E-state index contributed by atoms with van der Waals surface area (Å²) in [7, 11) is 0. The largest absolute Gasteiger partial charge is 0.375 e. The van der Waals surface area contributed by atoms with Crippen LogP contribution in [0.25, 0.3) is 10.9 Å². The molecule has 3 aromatic carbocycles. The SMILES string of the molecule is OC(c1ccccc1)(c1ccccc1)c1cc2cc(Cl)ccc2[nH]1. The zero-order valence-corrected chi connectivity index (χ0v) is 13.7. The van der Waals surface area contributed by atoms with Gasteiger partial charge >= 0.3 is 0 Å². The molecule has 0 aliphatic carbocycles. The van der Waals surface area contributed by atoms with Gasteiger partial charge in [0.15, 0.2) is 5.60 Å². The fourth-order valence-electron chi connectivity index (χ4n) is 3.13. The molecule has 0 saturated carbocycles. The number of aliphatic hydroxyl groups is 1. The third kappa shape index (κ3) is 2.41. The van der Waals surface area contributed by atoms with Crippen LogP contribution in [0.3, 0.4) is 0 Å². The van der Waals surface area contributed by atoms with Gasteiger partial charge in [0.05, 0.1) is 5.69 Å². The smallest absolute Gasteiger partial charge is 0.155 e. The van der Waals surface area contributed by atoms with Gasteiger partial charge in [0.2, 0.25) is 0 Å². The van der Waals surface area contributed by atoms with E-state index < -0.39 is 5.60 Å². The summed E-state index contributed by atoms with van der Waals surface area (Å²) in [6.07, 6.45) is 0. The maximum absolute atomic E-state index is 11.7. The number of benzene rings is 3. The van der Waals surface area contributed by atoms with Crippen molar-refractivity contribution >= 4 is 22.5 Å². The van der Waals surface area contributed by atoms with Crippen molar-refractivity contribution in [3.8, 4) is 0 Å². The highest BCUT2D eigenvalue weighted by Crippen LogP contribution is 2.37. The van der Waals surface area contributed by atoms with E-state index in [0.717, 1.165) is 27.7 Å². The predicted octanol–water partition coefficient (Wildman–Crippen LogP) is 5.11. The second-order valence-corrected chi connectivity index (χ2v) is 6.29. The van der Waals surface area contributed by atoms with E-state index in [1.54, 1.807) is 0 Å². The Balaban J connectivity index is 1.98. The molecule has 24 heavy (non-hydrogen) atoms. The molecule has 4 rings (SSSR count). The van der Waals surface area contributed by atoms with Gasteiger partial charge in [0.1, 0.15) is 0 Å². The van der Waals surface area contributed by atoms with E-state index in [4.69, 9.17) is 11.6 Å². The van der Waals surface area contributed by atoms with Crippen LogP contribution < -0.4 is 0 Å². The van der Waals surface area contributed by atoms with Gasteiger partial charge in [-0.3, -0.25) is 0 Å². The van der Waals surface area contributed by atoms with Crippen molar-refractivity contribution in [2.75, 3.05) is 0 Å². The molecule has 0 aliphatic rings. The van der Waals surface area contributed by atoms with E-state index in [2.05, 4.69) is 4.98 Å². The first-order chi connectivity index (χ1) is 11.7. The summed E-state index contributed by atoms with van der Waals surface area (Å²) in [6.45, 7) is 0. The number of fused-ring (bicyclic) bond motifs is 1. The van der Waals surface area contributed by atoms with Crippen LogP contribution in [-0.2, 0) is 5.60 Å². The molecule has 118 valence electrons. The van der Waals surface area contributed by atoms with Gasteiger partial charge in [-0.15, -0.1) is 0 Å². The first-order valence-corrected chi connectivity index (χ1v) is 8.18. The molecular weight excluding hydrogens is 318 g/mol. The summed E-state index contributed by atoms with van der Waals surface area (Å²) in [5, 5.41) is 13.4. The summed E-state index contributed by atoms with van der Waals surface area (Å²) in [5.74, 6) is 0. The molecule has 0 unspecified atom stereocenters. The summed E-state index contributed by atoms with van der Waals surface area (Å²) in [4.78, 5) is 3.35. The lowest BCUT2D eigenvalue weighted by Gasteiger charge is -2.28. The van der Waals surface area contributed by atoms with Crippen LogP contribution >= 0.6 is 11.6 Å². The Kier molecular flexibility index (Phi) is 3.64. The Morgan fingerprint density at radius 2 is 1.33 bits per heavy atom. The first-order valence-electron chi connectivity index (χ1n) is 7.80. The summed E-state index contributed by atoms with van der Waals surface area (Å²) >= 11 is 6.10. The summed E-state index contributed by atoms with van der Waals surface area (Å²) < 4.78 is 0. The number of hydrogen-bond acceptors (Lipinski definition) is 1. The molecule has 3 heteroatoms. The molecule has 4 aromatic rings. The van der Waals surface area contributed by atoms with Crippen LogP contribution in [0, 0.1) is 0 Å². The van der Waals surface area contributed by atoms with Crippen molar-refractivity contribution in [1.82, 2.24) is 4.98 Å². The van der Waals surface area contributed by atoms with Crippen LogP contribution in [0.4, 0.5) is 0 Å². The predicted molar refractivity (Wildman–Crippen MR) is 98.3 cm³/mol. The van der Waals surface area contributed by atoms with Crippen LogP contribution in [0.15, 0.2) is 84.9 Å². The molecule has 1 heterocycles. The van der Waals surface area contributed by atoms with Crippen molar-refractivity contribution in [1.29, 1.82) is 0 Å². The van der Waals surface area contributed by atoms with Crippen molar-refractivity contribution in [2.45, 2.75) is 5.60 Å². The minimum absolute atomic E-state index is 0.677. The number of halogens is 1. The zero-order valence-electron chi connectivity index (χ0n) is 12.9. The fraction of sp³-hybridized carbons (Fsp3) is 0.0476. The lowest BCUT2D eigenvalue weighted by molar-refractivity contribution is 0.121. The van der Waals surface area contributed by atoms with Gasteiger partial charge in [-0.1, -0.05) is 72.3 Å². The standard InChI is InChI=1S/C21H16ClNO/c22-18-11-12-19-15(13-18)14-20(23-19)21(24,16-7-3-1-4-8-16)17-9-5-2-6-10-17/h1-14,23-24H. The van der Waals surface area contributed by atoms with Gasteiger partial charge in [0, 0.05) is 15.9 Å². The molecule has 0 saturated heterocycles. The lowest BCUT2D eigenvalue weighted by atomic mass is 9.83. The zero-order chi connectivity index (χ0) is 16.6. The van der Waals surface area contributed by atoms with E-state index in [-0.39, 0.29) is 0 Å². The number of rotatable bonds is 3. The lowest BCUT2D eigenvalue weighted by Crippen LogP contribution is -2.29. The van der Waals surface area contributed by atoms with Crippen LogP contribution in [0.2, 0.25) is 5.02 Å². The van der Waals surface area contributed by atoms with E-state index in [1.165, 1.54) is 0 Å². The Morgan fingerprint density at radius 3 is 1.92 bits per heavy atom. The topological polar surface area (TPSA) is 36.0 Å². The monoisotopic (exact) mass is 333 g/mol. The van der Waals surface area contributed by atoms with Crippen molar-refractivity contribution in [3.63, 3.8) is 0 Å². The van der Waals surface area contributed by atoms with Crippen LogP contribution in [-0.4, -0.2) is 10.1 Å². The fourth-order valence-corrected chi connectivity index (χ4v) is 3.32. The Labute approximate surface area is 145 Å². The van der Waals surface area contributed by atoms with E-state index in [9.17, 15) is 5.11 Å². The average Bonchev–Trinajstić information content (AvgIpc) is 3.06. The maximum Gasteiger partial charge on any atom is 0.155 e. The van der Waals surface area contributed by atoms with Crippen LogP contribution in [0.5, 0.6) is 0 Å². The summed E-state index contributed by atoms with van der Waals surface area (Å²) in [6, 6.07) is 27.0. The first kappa shape index (κ1) is 15.0. The highest BCUT2D eigenvalue weighted by molar-refractivity contribution is 6.31. The number of aromatic nitrogens is 1. The maximum atomic E-state index is 11.7. The second-order valence-electron chi connectivity index (χ2n) is 5.86. The van der Waals surface area contributed by atoms with E-state index in [1.807, 2.05) is 84.9 Å². The number of hydrogen-bond donors (Lipinski definition) is 2. The molecule has 0 bridgehead atoms. The Hall–Kier alpha value is -2.55. The molecule has 2 N–H and O–H groups in total. The third-order valence-corrected chi connectivity index (χ3v) is 4.59. The van der Waals surface area contributed by atoms with E-state index in [0.29, 0.717) is 5.02 Å². The van der Waals surface area contributed by atoms with Crippen molar-refractivity contribution in [3.05, 3.63) is 107 Å². The Bertz CT molecular complexity index is 937. The van der Waals surface area contributed by atoms with Gasteiger partial charge < -0.3 is 10.1 Å². The van der Waals surface area contributed by atoms with Gasteiger partial charge in [-0.25, -0.2) is 0 Å². The van der Waals surface area contributed by atoms with Crippen LogP contribution in [0.1, 0.15) is 16.8 Å². The normalized spacial score (nSPS) is 11.8. The molecule has 0 amide bonds. The third-order valence-electron chi connectivity index (χ3n) is 4.36. The van der Waals surface area contributed by atoms with Gasteiger partial charge in [0.25, 0.3) is 0 Å². The molecule has 0 aliphatic heterocycles. The average molecular weight is 334 g/mol. The van der Waals surface area contributed by atoms with Crippen molar-refractivity contribution in [2.24, 2.45) is 0 Å². The molecule has 0 radical (unpaired) electrons. The minimum atomic E-state index is -1.26. The Morgan fingerprint density at radius 1 is 0.750 bits per heavy atom. The van der Waals surface area contributed by atoms with Gasteiger partial charge in [-0.05, 0) is 35.4 Å². The molecule has 1 aromatic heterocycles. The number of nitrogens with one attached hydrogen (secondary N) is 1. The van der Waals surface area contributed by atoms with E-state index >= 15 is 0 Å². The molecule has 2 nitrogen and oxygen atoms in total. The summed E-state index contributed by atoms with van der Waals surface area (Å²) in [5.41, 5.74) is 2.04. The molecule has 0 atom stereocenters. The minimum Gasteiger partial charge on any atom is -0.375 e. The highest BCUT2D eigenvalue weighted by atomic mass is 35.5. The second kappa shape index (κ2) is 5.82. The number of aromatic amines is 1. The van der Waals surface area contributed by atoms with Gasteiger partial charge in [-0.2, -0.15) is 0 Å². The quantitative estimate of drug-likeness (QED) is 0.537. The number of H-pyrrole nitrogens is 1. The molecule has 0 spiro atoms.